The number of halogens is 3. The van der Waals surface area contributed by atoms with Crippen LogP contribution in [0.5, 0.6) is 0 Å². The highest BCUT2D eigenvalue weighted by Gasteiger charge is 2.30. The molecule has 1 aliphatic heterocycles. The van der Waals surface area contributed by atoms with E-state index in [-0.39, 0.29) is 19.0 Å². The van der Waals surface area contributed by atoms with Crippen LogP contribution in [0, 0.1) is 29.1 Å². The molecule has 0 atom stereocenters. The Morgan fingerprint density at radius 1 is 1.18 bits per heavy atom. The third kappa shape index (κ3) is 8.75. The Morgan fingerprint density at radius 3 is 2.57 bits per heavy atom. The maximum Gasteiger partial charge on any atom is 0.406 e. The second kappa shape index (κ2) is 14.1. The van der Waals surface area contributed by atoms with Crippen molar-refractivity contribution in [2.75, 3.05) is 45.7 Å². The van der Waals surface area contributed by atoms with E-state index >= 15 is 0 Å². The van der Waals surface area contributed by atoms with Gasteiger partial charge in [0.1, 0.15) is 13.1 Å². The van der Waals surface area contributed by atoms with E-state index in [1.54, 1.807) is 51.4 Å². The topological polar surface area (TPSA) is 86.4 Å². The molecule has 1 aliphatic rings. The SMILES string of the molecule is CON(C)CC(=O)N1CCC(CCc2ccc3c(c2)cc(C#CCNc2ccc(C(C)(C)C#N)nc2)n3CC(F)(F)F)CC1. The van der Waals surface area contributed by atoms with Crippen LogP contribution in [-0.4, -0.2) is 71.9 Å². The molecule has 234 valence electrons. The molecular weight excluding hydrogens is 569 g/mol. The monoisotopic (exact) mass is 608 g/mol. The van der Waals surface area contributed by atoms with Gasteiger partial charge in [-0.1, -0.05) is 12.0 Å². The molecule has 0 spiro atoms. The predicted molar refractivity (Wildman–Crippen MR) is 164 cm³/mol. The van der Waals surface area contributed by atoms with Crippen molar-refractivity contribution in [3.8, 4) is 17.9 Å². The molecule has 1 saturated heterocycles. The quantitative estimate of drug-likeness (QED) is 0.241. The van der Waals surface area contributed by atoms with Gasteiger partial charge in [-0.25, -0.2) is 0 Å². The van der Waals surface area contributed by atoms with E-state index < -0.39 is 18.1 Å². The molecule has 8 nitrogen and oxygen atoms in total. The molecule has 4 rings (SSSR count). The van der Waals surface area contributed by atoms with Gasteiger partial charge in [0, 0.05) is 31.0 Å². The highest BCUT2D eigenvalue weighted by molar-refractivity contribution is 5.83. The van der Waals surface area contributed by atoms with Crippen molar-refractivity contribution in [1.82, 2.24) is 19.5 Å². The number of alkyl halides is 3. The number of piperidine rings is 1. The molecule has 0 saturated carbocycles. The summed E-state index contributed by atoms with van der Waals surface area (Å²) in [6.45, 7) is 4.34. The van der Waals surface area contributed by atoms with E-state index in [1.807, 2.05) is 17.0 Å². The van der Waals surface area contributed by atoms with E-state index in [2.05, 4.69) is 28.2 Å². The van der Waals surface area contributed by atoms with E-state index in [0.29, 0.717) is 28.5 Å². The second-order valence-corrected chi connectivity index (χ2v) is 11.8. The highest BCUT2D eigenvalue weighted by atomic mass is 19.4. The molecule has 11 heteroatoms. The van der Waals surface area contributed by atoms with Crippen molar-refractivity contribution in [3.05, 3.63) is 59.5 Å². The van der Waals surface area contributed by atoms with Gasteiger partial charge in [0.15, 0.2) is 0 Å². The second-order valence-electron chi connectivity index (χ2n) is 11.8. The molecule has 3 heterocycles. The molecule has 0 unspecified atom stereocenters. The largest absolute Gasteiger partial charge is 0.406 e. The maximum absolute atomic E-state index is 13.5. The molecular formula is C33H39F3N6O2. The lowest BCUT2D eigenvalue weighted by Gasteiger charge is -2.32. The van der Waals surface area contributed by atoms with E-state index in [9.17, 15) is 23.2 Å². The zero-order valence-electron chi connectivity index (χ0n) is 25.7. The summed E-state index contributed by atoms with van der Waals surface area (Å²) >= 11 is 0. The summed E-state index contributed by atoms with van der Waals surface area (Å²) in [5.74, 6) is 6.40. The predicted octanol–water partition coefficient (Wildman–Crippen LogP) is 5.53. The number of amides is 1. The first-order chi connectivity index (χ1) is 20.9. The fraction of sp³-hybridized carbons (Fsp3) is 0.485. The van der Waals surface area contributed by atoms with Gasteiger partial charge in [0.25, 0.3) is 0 Å². The first-order valence-corrected chi connectivity index (χ1v) is 14.7. The van der Waals surface area contributed by atoms with Crippen LogP contribution in [0.2, 0.25) is 0 Å². The maximum atomic E-state index is 13.5. The van der Waals surface area contributed by atoms with Crippen molar-refractivity contribution in [1.29, 1.82) is 5.26 Å². The molecule has 1 amide bonds. The van der Waals surface area contributed by atoms with Crippen LogP contribution in [0.4, 0.5) is 18.9 Å². The number of hydroxylamine groups is 2. The third-order valence-electron chi connectivity index (χ3n) is 8.06. The molecule has 44 heavy (non-hydrogen) atoms. The summed E-state index contributed by atoms with van der Waals surface area (Å²) in [7, 11) is 3.26. The van der Waals surface area contributed by atoms with Crippen LogP contribution < -0.4 is 5.32 Å². The van der Waals surface area contributed by atoms with E-state index in [1.165, 1.54) is 16.7 Å². The van der Waals surface area contributed by atoms with Crippen LogP contribution in [0.1, 0.15) is 50.1 Å². The Morgan fingerprint density at radius 2 is 1.93 bits per heavy atom. The van der Waals surface area contributed by atoms with Gasteiger partial charge in [-0.15, -0.1) is 0 Å². The molecule has 0 bridgehead atoms. The number of anilines is 1. The zero-order valence-corrected chi connectivity index (χ0v) is 25.7. The van der Waals surface area contributed by atoms with Gasteiger partial charge in [-0.05, 0) is 87.3 Å². The molecule has 1 aromatic carbocycles. The summed E-state index contributed by atoms with van der Waals surface area (Å²) in [5.41, 5.74) is 2.52. The molecule has 2 aromatic heterocycles. The van der Waals surface area contributed by atoms with Gasteiger partial charge < -0.3 is 19.6 Å². The van der Waals surface area contributed by atoms with Gasteiger partial charge >= 0.3 is 6.18 Å². The molecule has 3 aromatic rings. The van der Waals surface area contributed by atoms with Gasteiger partial charge in [0.2, 0.25) is 5.91 Å². The van der Waals surface area contributed by atoms with E-state index in [4.69, 9.17) is 4.84 Å². The zero-order chi connectivity index (χ0) is 31.9. The Kier molecular flexibility index (Phi) is 10.6. The van der Waals surface area contributed by atoms with Crippen LogP contribution in [0.3, 0.4) is 0 Å². The Bertz CT molecular complexity index is 1540. The number of carbonyl (C=O) groups is 1. The van der Waals surface area contributed by atoms with Gasteiger partial charge in [0.05, 0.1) is 48.4 Å². The highest BCUT2D eigenvalue weighted by Crippen LogP contribution is 2.28. The summed E-state index contributed by atoms with van der Waals surface area (Å²) in [6.07, 6.45) is 0.852. The number of aryl methyl sites for hydroxylation is 1. The van der Waals surface area contributed by atoms with Crippen LogP contribution in [-0.2, 0) is 28.0 Å². The van der Waals surface area contributed by atoms with E-state index in [0.717, 1.165) is 49.7 Å². The number of likely N-dealkylation sites (tertiary alicyclic amines) is 1. The smallest absolute Gasteiger partial charge is 0.373 e. The molecule has 0 aliphatic carbocycles. The number of nitriles is 1. The minimum absolute atomic E-state index is 0.0584. The van der Waals surface area contributed by atoms with Crippen molar-refractivity contribution >= 4 is 22.5 Å². The first-order valence-electron chi connectivity index (χ1n) is 14.7. The van der Waals surface area contributed by atoms with Crippen LogP contribution in [0.15, 0.2) is 42.6 Å². The Labute approximate surface area is 256 Å². The average molecular weight is 609 g/mol. The fourth-order valence-electron chi connectivity index (χ4n) is 5.33. The fourth-order valence-corrected chi connectivity index (χ4v) is 5.33. The minimum atomic E-state index is -4.39. The van der Waals surface area contributed by atoms with Crippen molar-refractivity contribution in [2.45, 2.75) is 57.7 Å². The molecule has 1 fully saturated rings. The van der Waals surface area contributed by atoms with Crippen LogP contribution >= 0.6 is 0 Å². The number of carbonyl (C=O) groups excluding carboxylic acids is 1. The number of pyridine rings is 1. The van der Waals surface area contributed by atoms with Crippen LogP contribution in [0.25, 0.3) is 10.9 Å². The summed E-state index contributed by atoms with van der Waals surface area (Å²) in [6, 6.07) is 13.1. The number of benzene rings is 1. The third-order valence-corrected chi connectivity index (χ3v) is 8.06. The van der Waals surface area contributed by atoms with Gasteiger partial charge in [-0.2, -0.15) is 23.5 Å². The number of nitrogens with zero attached hydrogens (tertiary/aromatic N) is 5. The number of rotatable bonds is 10. The lowest BCUT2D eigenvalue weighted by Crippen LogP contribution is -2.43. The summed E-state index contributed by atoms with van der Waals surface area (Å²) in [4.78, 5) is 23.7. The lowest BCUT2D eigenvalue weighted by atomic mass is 9.90. The van der Waals surface area contributed by atoms with Gasteiger partial charge in [-0.3, -0.25) is 9.78 Å². The molecule has 1 N–H and O–H groups in total. The average Bonchev–Trinajstić information content (AvgIpc) is 3.33. The molecule has 0 radical (unpaired) electrons. The van der Waals surface area contributed by atoms with Crippen molar-refractivity contribution in [2.24, 2.45) is 5.92 Å². The number of hydrogen-bond acceptors (Lipinski definition) is 6. The number of fused-ring (bicyclic) bond motifs is 1. The number of likely N-dealkylation sites (N-methyl/N-ethyl adjacent to an activating group) is 1. The number of hydrogen-bond donors (Lipinski definition) is 1. The van der Waals surface area contributed by atoms with Crippen molar-refractivity contribution in [3.63, 3.8) is 0 Å². The lowest BCUT2D eigenvalue weighted by molar-refractivity contribution is -0.152. The van der Waals surface area contributed by atoms with Crippen molar-refractivity contribution < 1.29 is 22.8 Å². The first kappa shape index (κ1) is 32.8. The standard InChI is InChI=1S/C33H39F3N6O2/c1-32(2,22-37)30-12-10-27(20-39-30)38-15-5-6-28-19-26-18-25(9-11-29(26)42(28)23-33(34,35)36)8-7-24-13-16-41(17-14-24)31(43)21-40(3)44-4/h9-12,18-20,24,38H,7-8,13-17,21,23H2,1-4H3. The Balaban J connectivity index is 1.39. The minimum Gasteiger partial charge on any atom is -0.373 e. The summed E-state index contributed by atoms with van der Waals surface area (Å²) in [5, 5.41) is 14.6. The normalized spacial score (nSPS) is 14.4. The summed E-state index contributed by atoms with van der Waals surface area (Å²) < 4.78 is 41.7. The number of nitrogens with one attached hydrogen (secondary N) is 1. The number of aromatic nitrogens is 2. The Hall–Kier alpha value is -4.06.